The first-order valence-corrected chi connectivity index (χ1v) is 9.76. The highest BCUT2D eigenvalue weighted by molar-refractivity contribution is 9.10. The SMILES string of the molecule is CN1NC(Nc2ccc3ncc(Br)cc3n2)SC1C1CCCC1. The first-order valence-electron chi connectivity index (χ1n) is 8.02. The third-order valence-electron chi connectivity index (χ3n) is 4.56. The molecule has 5 nitrogen and oxygen atoms in total. The highest BCUT2D eigenvalue weighted by Crippen LogP contribution is 2.39. The Labute approximate surface area is 148 Å². The maximum atomic E-state index is 4.67. The van der Waals surface area contributed by atoms with Gasteiger partial charge in [0.1, 0.15) is 11.3 Å². The van der Waals surface area contributed by atoms with Gasteiger partial charge in [0.25, 0.3) is 0 Å². The molecule has 1 aliphatic heterocycles. The van der Waals surface area contributed by atoms with E-state index in [9.17, 15) is 0 Å². The van der Waals surface area contributed by atoms with Crippen LogP contribution in [0.4, 0.5) is 5.82 Å². The number of hydrogen-bond acceptors (Lipinski definition) is 6. The predicted octanol–water partition coefficient (Wildman–Crippen LogP) is 3.79. The zero-order valence-electron chi connectivity index (χ0n) is 13.0. The molecule has 0 radical (unpaired) electrons. The largest absolute Gasteiger partial charge is 0.345 e. The minimum atomic E-state index is 0.163. The van der Waals surface area contributed by atoms with E-state index < -0.39 is 0 Å². The number of pyridine rings is 2. The Morgan fingerprint density at radius 2 is 2.13 bits per heavy atom. The normalized spacial score (nSPS) is 26.2. The van der Waals surface area contributed by atoms with Crippen LogP contribution in [0.3, 0.4) is 0 Å². The van der Waals surface area contributed by atoms with E-state index in [1.165, 1.54) is 25.7 Å². The number of hydrogen-bond donors (Lipinski definition) is 2. The number of halogens is 1. The third kappa shape index (κ3) is 3.33. The third-order valence-corrected chi connectivity index (χ3v) is 6.47. The van der Waals surface area contributed by atoms with Gasteiger partial charge in [0.2, 0.25) is 0 Å². The van der Waals surface area contributed by atoms with E-state index >= 15 is 0 Å². The molecule has 1 saturated carbocycles. The molecular weight excluding hydrogens is 374 g/mol. The number of aromatic nitrogens is 2. The lowest BCUT2D eigenvalue weighted by molar-refractivity contribution is 0.197. The number of rotatable bonds is 3. The maximum absolute atomic E-state index is 4.67. The van der Waals surface area contributed by atoms with Crippen molar-refractivity contribution in [3.8, 4) is 0 Å². The molecule has 0 amide bonds. The molecule has 1 saturated heterocycles. The number of nitrogens with one attached hydrogen (secondary N) is 2. The van der Waals surface area contributed by atoms with Crippen molar-refractivity contribution in [1.29, 1.82) is 0 Å². The van der Waals surface area contributed by atoms with Gasteiger partial charge in [0.15, 0.2) is 0 Å². The zero-order chi connectivity index (χ0) is 15.8. The highest BCUT2D eigenvalue weighted by Gasteiger charge is 2.36. The number of hydrazine groups is 1. The summed E-state index contributed by atoms with van der Waals surface area (Å²) >= 11 is 5.41. The van der Waals surface area contributed by atoms with Crippen molar-refractivity contribution in [3.05, 3.63) is 28.9 Å². The number of nitrogens with zero attached hydrogens (tertiary/aromatic N) is 3. The molecule has 0 bridgehead atoms. The van der Waals surface area contributed by atoms with Crippen LogP contribution in [-0.4, -0.2) is 32.9 Å². The summed E-state index contributed by atoms with van der Waals surface area (Å²) in [5.74, 6) is 1.68. The molecular formula is C16H20BrN5S. The molecule has 3 heterocycles. The second-order valence-electron chi connectivity index (χ2n) is 6.22. The first kappa shape index (κ1) is 15.6. The molecule has 2 fully saturated rings. The van der Waals surface area contributed by atoms with Crippen LogP contribution in [0.25, 0.3) is 11.0 Å². The summed E-state index contributed by atoms with van der Waals surface area (Å²) < 4.78 is 0.948. The number of thioether (sulfide) groups is 1. The molecule has 122 valence electrons. The smallest absolute Gasteiger partial charge is 0.141 e. The highest BCUT2D eigenvalue weighted by atomic mass is 79.9. The minimum Gasteiger partial charge on any atom is -0.345 e. The lowest BCUT2D eigenvalue weighted by atomic mass is 10.1. The Bertz CT molecular complexity index is 706. The van der Waals surface area contributed by atoms with Gasteiger partial charge >= 0.3 is 0 Å². The fourth-order valence-corrected chi connectivity index (χ4v) is 5.20. The summed E-state index contributed by atoms with van der Waals surface area (Å²) in [7, 11) is 2.15. The van der Waals surface area contributed by atoms with Crippen molar-refractivity contribution in [2.45, 2.75) is 36.6 Å². The van der Waals surface area contributed by atoms with Crippen molar-refractivity contribution in [1.82, 2.24) is 20.4 Å². The monoisotopic (exact) mass is 393 g/mol. The Kier molecular flexibility index (Phi) is 4.45. The molecule has 7 heteroatoms. The zero-order valence-corrected chi connectivity index (χ0v) is 15.4. The summed E-state index contributed by atoms with van der Waals surface area (Å²) in [5, 5.41) is 6.30. The summed E-state index contributed by atoms with van der Waals surface area (Å²) in [6.45, 7) is 0. The van der Waals surface area contributed by atoms with Crippen LogP contribution >= 0.6 is 27.7 Å². The van der Waals surface area contributed by atoms with Crippen molar-refractivity contribution >= 4 is 44.5 Å². The Hall–Kier alpha value is -0.890. The van der Waals surface area contributed by atoms with Crippen LogP contribution < -0.4 is 10.7 Å². The Morgan fingerprint density at radius 1 is 1.30 bits per heavy atom. The molecule has 2 aromatic heterocycles. The van der Waals surface area contributed by atoms with Gasteiger partial charge in [-0.15, -0.1) is 0 Å². The molecule has 2 atom stereocenters. The second-order valence-corrected chi connectivity index (χ2v) is 8.37. The molecule has 1 aliphatic carbocycles. The van der Waals surface area contributed by atoms with E-state index in [1.807, 2.05) is 30.0 Å². The van der Waals surface area contributed by atoms with E-state index in [-0.39, 0.29) is 5.50 Å². The van der Waals surface area contributed by atoms with Crippen LogP contribution in [0.2, 0.25) is 0 Å². The van der Waals surface area contributed by atoms with Gasteiger partial charge in [-0.2, -0.15) is 0 Å². The average Bonchev–Trinajstić information content (AvgIpc) is 3.16. The summed E-state index contributed by atoms with van der Waals surface area (Å²) in [6.07, 6.45) is 7.25. The van der Waals surface area contributed by atoms with Crippen LogP contribution in [0.15, 0.2) is 28.9 Å². The predicted molar refractivity (Wildman–Crippen MR) is 98.9 cm³/mol. The first-order chi connectivity index (χ1) is 11.2. The molecule has 0 aromatic carbocycles. The topological polar surface area (TPSA) is 53.1 Å². The van der Waals surface area contributed by atoms with Crippen molar-refractivity contribution in [2.24, 2.45) is 5.92 Å². The van der Waals surface area contributed by atoms with E-state index in [0.29, 0.717) is 5.37 Å². The summed E-state index contributed by atoms with van der Waals surface area (Å²) in [6, 6.07) is 6.00. The quantitative estimate of drug-likeness (QED) is 0.826. The van der Waals surface area contributed by atoms with Crippen molar-refractivity contribution in [3.63, 3.8) is 0 Å². The van der Waals surface area contributed by atoms with Crippen molar-refractivity contribution in [2.75, 3.05) is 12.4 Å². The lowest BCUT2D eigenvalue weighted by Gasteiger charge is -2.23. The van der Waals surface area contributed by atoms with Crippen LogP contribution in [0, 0.1) is 5.92 Å². The van der Waals surface area contributed by atoms with Gasteiger partial charge in [0, 0.05) is 17.7 Å². The molecule has 2 aromatic rings. The fourth-order valence-electron chi connectivity index (χ4n) is 3.45. The van der Waals surface area contributed by atoms with Gasteiger partial charge in [-0.05, 0) is 52.9 Å². The number of anilines is 1. The van der Waals surface area contributed by atoms with Crippen LogP contribution in [0.5, 0.6) is 0 Å². The minimum absolute atomic E-state index is 0.163. The summed E-state index contributed by atoms with van der Waals surface area (Å²) in [5.41, 5.74) is 5.48. The number of fused-ring (bicyclic) bond motifs is 1. The lowest BCUT2D eigenvalue weighted by Crippen LogP contribution is -2.40. The van der Waals surface area contributed by atoms with Gasteiger partial charge in [-0.3, -0.25) is 4.98 Å². The van der Waals surface area contributed by atoms with Gasteiger partial charge < -0.3 is 5.32 Å². The molecule has 0 spiro atoms. The van der Waals surface area contributed by atoms with E-state index in [2.05, 4.69) is 48.7 Å². The van der Waals surface area contributed by atoms with E-state index in [1.54, 1.807) is 6.20 Å². The average molecular weight is 394 g/mol. The molecule has 2 unspecified atom stereocenters. The molecule has 2 N–H and O–H groups in total. The summed E-state index contributed by atoms with van der Waals surface area (Å²) in [4.78, 5) is 9.04. The van der Waals surface area contributed by atoms with Crippen LogP contribution in [-0.2, 0) is 0 Å². The molecule has 4 rings (SSSR count). The molecule has 2 aliphatic rings. The Morgan fingerprint density at radius 3 is 2.96 bits per heavy atom. The maximum Gasteiger partial charge on any atom is 0.141 e. The fraction of sp³-hybridized carbons (Fsp3) is 0.500. The van der Waals surface area contributed by atoms with Gasteiger partial charge in [-0.25, -0.2) is 15.4 Å². The second kappa shape index (κ2) is 6.55. The molecule has 23 heavy (non-hydrogen) atoms. The van der Waals surface area contributed by atoms with Gasteiger partial charge in [-0.1, -0.05) is 24.6 Å². The van der Waals surface area contributed by atoms with Gasteiger partial charge in [0.05, 0.1) is 16.4 Å². The van der Waals surface area contributed by atoms with Crippen LogP contribution in [0.1, 0.15) is 25.7 Å². The Balaban J connectivity index is 1.47. The van der Waals surface area contributed by atoms with E-state index in [0.717, 1.165) is 27.2 Å². The van der Waals surface area contributed by atoms with Crippen molar-refractivity contribution < 1.29 is 0 Å². The standard InChI is InChI=1S/C16H20BrN5S/c1-22-15(10-4-2-3-5-10)23-16(21-22)20-14-7-6-12-13(19-14)8-11(17)9-18-12/h6-10,15-16,21H,2-5H2,1H3,(H,19,20). The van der Waals surface area contributed by atoms with E-state index in [4.69, 9.17) is 0 Å².